The molecule has 0 heterocycles. The van der Waals surface area contributed by atoms with Crippen molar-refractivity contribution in [2.45, 2.75) is 0 Å². The Labute approximate surface area is 162 Å². The summed E-state index contributed by atoms with van der Waals surface area (Å²) in [7, 11) is 0. The Balaban J connectivity index is 1.78. The van der Waals surface area contributed by atoms with E-state index in [1.54, 1.807) is 12.1 Å². The predicted molar refractivity (Wildman–Crippen MR) is 108 cm³/mol. The lowest BCUT2D eigenvalue weighted by Gasteiger charge is -2.07. The Hall–Kier alpha value is -1.41. The molecule has 3 rings (SSSR count). The van der Waals surface area contributed by atoms with Gasteiger partial charge in [-0.3, -0.25) is 4.79 Å². The van der Waals surface area contributed by atoms with Gasteiger partial charge in [-0.05, 0) is 99.8 Å². The molecule has 3 aromatic rings. The molecule has 0 unspecified atom stereocenters. The van der Waals surface area contributed by atoms with Crippen LogP contribution >= 0.6 is 45.2 Å². The minimum Gasteiger partial charge on any atom is -0.457 e. The van der Waals surface area contributed by atoms with Crippen LogP contribution in [0.2, 0.25) is 0 Å². The zero-order valence-electron chi connectivity index (χ0n) is 12.0. The van der Waals surface area contributed by atoms with Crippen molar-refractivity contribution in [2.24, 2.45) is 0 Å². The molecule has 0 amide bonds. The van der Waals surface area contributed by atoms with Gasteiger partial charge in [0.1, 0.15) is 11.5 Å². The second-order valence-corrected chi connectivity index (χ2v) is 7.41. The first-order chi connectivity index (χ1) is 11.1. The summed E-state index contributed by atoms with van der Waals surface area (Å²) in [5, 5.41) is 0. The first-order valence-electron chi connectivity index (χ1n) is 6.95. The van der Waals surface area contributed by atoms with Gasteiger partial charge in [-0.2, -0.15) is 0 Å². The minimum atomic E-state index is 0.0179. The predicted octanol–water partition coefficient (Wildman–Crippen LogP) is 5.92. The SMILES string of the molecule is O=C(c1ccc(Oc2cccc(I)c2)cc1)c1cccc(I)c1. The van der Waals surface area contributed by atoms with E-state index in [-0.39, 0.29) is 5.78 Å². The third-order valence-corrected chi connectivity index (χ3v) is 4.58. The van der Waals surface area contributed by atoms with Gasteiger partial charge in [0, 0.05) is 18.3 Å². The summed E-state index contributed by atoms with van der Waals surface area (Å²) in [6.07, 6.45) is 0. The van der Waals surface area contributed by atoms with E-state index in [1.165, 1.54) is 0 Å². The summed E-state index contributed by atoms with van der Waals surface area (Å²) < 4.78 is 7.97. The molecule has 0 saturated carbocycles. The summed E-state index contributed by atoms with van der Waals surface area (Å²) in [5.41, 5.74) is 1.35. The van der Waals surface area contributed by atoms with Crippen molar-refractivity contribution >= 4 is 51.0 Å². The molecule has 0 radical (unpaired) electrons. The molecule has 0 spiro atoms. The molecule has 3 aromatic carbocycles. The van der Waals surface area contributed by atoms with E-state index in [9.17, 15) is 4.79 Å². The zero-order valence-corrected chi connectivity index (χ0v) is 16.3. The Bertz CT molecular complexity index is 842. The molecule has 0 saturated heterocycles. The lowest BCUT2D eigenvalue weighted by molar-refractivity contribution is 0.103. The highest BCUT2D eigenvalue weighted by atomic mass is 127. The third kappa shape index (κ3) is 4.32. The van der Waals surface area contributed by atoms with Gasteiger partial charge in [0.2, 0.25) is 0 Å². The molecule has 0 aliphatic rings. The molecule has 0 aliphatic heterocycles. The van der Waals surface area contributed by atoms with Crippen LogP contribution in [0.25, 0.3) is 0 Å². The highest BCUT2D eigenvalue weighted by Gasteiger charge is 2.09. The molecule has 23 heavy (non-hydrogen) atoms. The quantitative estimate of drug-likeness (QED) is 0.312. The van der Waals surface area contributed by atoms with Crippen LogP contribution in [0.5, 0.6) is 11.5 Å². The molecule has 0 N–H and O–H groups in total. The van der Waals surface area contributed by atoms with Crippen LogP contribution in [0, 0.1) is 7.14 Å². The van der Waals surface area contributed by atoms with Crippen LogP contribution in [0.4, 0.5) is 0 Å². The van der Waals surface area contributed by atoms with Crippen LogP contribution in [0.1, 0.15) is 15.9 Å². The van der Waals surface area contributed by atoms with E-state index in [4.69, 9.17) is 4.74 Å². The Morgan fingerprint density at radius 1 is 0.696 bits per heavy atom. The van der Waals surface area contributed by atoms with E-state index < -0.39 is 0 Å². The number of ketones is 1. The van der Waals surface area contributed by atoms with Gasteiger partial charge in [-0.15, -0.1) is 0 Å². The van der Waals surface area contributed by atoms with Crippen molar-refractivity contribution in [3.05, 3.63) is 91.1 Å². The lowest BCUT2D eigenvalue weighted by Crippen LogP contribution is -2.01. The summed E-state index contributed by atoms with van der Waals surface area (Å²) in [5.74, 6) is 1.52. The first-order valence-corrected chi connectivity index (χ1v) is 9.11. The summed E-state index contributed by atoms with van der Waals surface area (Å²) >= 11 is 4.45. The van der Waals surface area contributed by atoms with Crippen LogP contribution in [-0.2, 0) is 0 Å². The second kappa shape index (κ2) is 7.44. The molecular weight excluding hydrogens is 514 g/mol. The monoisotopic (exact) mass is 526 g/mol. The number of benzene rings is 3. The van der Waals surface area contributed by atoms with Crippen LogP contribution in [-0.4, -0.2) is 5.78 Å². The second-order valence-electron chi connectivity index (χ2n) is 4.92. The number of hydrogen-bond donors (Lipinski definition) is 0. The van der Waals surface area contributed by atoms with E-state index in [0.29, 0.717) is 16.9 Å². The molecule has 0 aromatic heterocycles. The number of hydrogen-bond acceptors (Lipinski definition) is 2. The highest BCUT2D eigenvalue weighted by Crippen LogP contribution is 2.24. The van der Waals surface area contributed by atoms with Gasteiger partial charge in [-0.25, -0.2) is 0 Å². The normalized spacial score (nSPS) is 10.3. The van der Waals surface area contributed by atoms with Crippen molar-refractivity contribution in [3.63, 3.8) is 0 Å². The minimum absolute atomic E-state index is 0.0179. The highest BCUT2D eigenvalue weighted by molar-refractivity contribution is 14.1. The summed E-state index contributed by atoms with van der Waals surface area (Å²) in [4.78, 5) is 12.5. The van der Waals surface area contributed by atoms with Crippen molar-refractivity contribution in [3.8, 4) is 11.5 Å². The largest absolute Gasteiger partial charge is 0.457 e. The van der Waals surface area contributed by atoms with Crippen molar-refractivity contribution in [1.82, 2.24) is 0 Å². The van der Waals surface area contributed by atoms with Crippen molar-refractivity contribution in [1.29, 1.82) is 0 Å². The Kier molecular flexibility index (Phi) is 5.32. The molecule has 0 aliphatic carbocycles. The Morgan fingerprint density at radius 3 is 2.00 bits per heavy atom. The van der Waals surface area contributed by atoms with Crippen molar-refractivity contribution in [2.75, 3.05) is 0 Å². The van der Waals surface area contributed by atoms with Crippen LogP contribution in [0.15, 0.2) is 72.8 Å². The zero-order chi connectivity index (χ0) is 16.2. The van der Waals surface area contributed by atoms with Gasteiger partial charge >= 0.3 is 0 Å². The molecule has 114 valence electrons. The summed E-state index contributed by atoms with van der Waals surface area (Å²) in [6, 6.07) is 22.7. The average molecular weight is 526 g/mol. The van der Waals surface area contributed by atoms with E-state index in [1.807, 2.05) is 60.7 Å². The molecule has 0 bridgehead atoms. The van der Waals surface area contributed by atoms with Gasteiger partial charge in [0.15, 0.2) is 5.78 Å². The fourth-order valence-electron chi connectivity index (χ4n) is 2.14. The van der Waals surface area contributed by atoms with Gasteiger partial charge in [0.05, 0.1) is 0 Å². The molecule has 2 nitrogen and oxygen atoms in total. The smallest absolute Gasteiger partial charge is 0.193 e. The fourth-order valence-corrected chi connectivity index (χ4v) is 3.19. The fraction of sp³-hybridized carbons (Fsp3) is 0. The standard InChI is InChI=1S/C19H12I2O2/c20-15-4-1-3-14(11-15)19(22)13-7-9-17(10-8-13)23-18-6-2-5-16(21)12-18/h1-12H. The Morgan fingerprint density at radius 2 is 1.35 bits per heavy atom. The van der Waals surface area contributed by atoms with Gasteiger partial charge < -0.3 is 4.74 Å². The van der Waals surface area contributed by atoms with E-state index in [2.05, 4.69) is 45.2 Å². The maximum absolute atomic E-state index is 12.5. The number of ether oxygens (including phenoxy) is 1. The molecule has 0 atom stereocenters. The number of carbonyl (C=O) groups is 1. The van der Waals surface area contributed by atoms with Crippen LogP contribution in [0.3, 0.4) is 0 Å². The van der Waals surface area contributed by atoms with E-state index in [0.717, 1.165) is 12.9 Å². The van der Waals surface area contributed by atoms with Gasteiger partial charge in [0.25, 0.3) is 0 Å². The van der Waals surface area contributed by atoms with Crippen molar-refractivity contribution < 1.29 is 9.53 Å². The number of rotatable bonds is 4. The molecule has 4 heteroatoms. The van der Waals surface area contributed by atoms with Gasteiger partial charge in [-0.1, -0.05) is 18.2 Å². The summed E-state index contributed by atoms with van der Waals surface area (Å²) in [6.45, 7) is 0. The number of halogens is 2. The third-order valence-electron chi connectivity index (χ3n) is 3.24. The number of carbonyl (C=O) groups excluding carboxylic acids is 1. The maximum Gasteiger partial charge on any atom is 0.193 e. The van der Waals surface area contributed by atoms with E-state index >= 15 is 0 Å². The molecular formula is C19H12I2O2. The lowest BCUT2D eigenvalue weighted by atomic mass is 10.0. The van der Waals surface area contributed by atoms with Crippen LogP contribution < -0.4 is 4.74 Å². The molecule has 0 fully saturated rings. The first kappa shape index (κ1) is 16.4. The average Bonchev–Trinajstić information content (AvgIpc) is 2.55. The topological polar surface area (TPSA) is 26.3 Å². The maximum atomic E-state index is 12.5.